The van der Waals surface area contributed by atoms with Crippen molar-refractivity contribution >= 4 is 40.6 Å². The van der Waals surface area contributed by atoms with Gasteiger partial charge in [-0.2, -0.15) is 0 Å². The summed E-state index contributed by atoms with van der Waals surface area (Å²) in [5, 5.41) is 0.517. The summed E-state index contributed by atoms with van der Waals surface area (Å²) in [4.78, 5) is 36.4. The Morgan fingerprint density at radius 3 is 2.05 bits per heavy atom. The molecule has 0 aromatic heterocycles. The van der Waals surface area contributed by atoms with Crippen molar-refractivity contribution in [3.05, 3.63) is 33.8 Å². The second-order valence-electron chi connectivity index (χ2n) is 5.65. The van der Waals surface area contributed by atoms with E-state index in [0.717, 1.165) is 0 Å². The summed E-state index contributed by atoms with van der Waals surface area (Å²) in [5.74, 6) is -2.81. The van der Waals surface area contributed by atoms with Crippen molar-refractivity contribution < 1.29 is 14.4 Å². The lowest BCUT2D eigenvalue weighted by Gasteiger charge is -2.22. The largest absolute Gasteiger partial charge is 0.299 e. The minimum atomic E-state index is -1.33. The molecule has 0 bridgehead atoms. The van der Waals surface area contributed by atoms with E-state index < -0.39 is 28.7 Å². The van der Waals surface area contributed by atoms with Crippen molar-refractivity contribution in [3.8, 4) is 0 Å². The number of Topliss-reactive ketones (excluding diaryl/α,β-unsaturated/α-hetero) is 3. The topological polar surface area (TPSA) is 51.2 Å². The van der Waals surface area contributed by atoms with Crippen molar-refractivity contribution in [2.45, 2.75) is 27.7 Å². The normalized spacial score (nSPS) is 12.9. The van der Waals surface area contributed by atoms with Crippen LogP contribution in [0.2, 0.25) is 10.0 Å². The van der Waals surface area contributed by atoms with E-state index in [0.29, 0.717) is 5.02 Å². The van der Waals surface area contributed by atoms with Crippen molar-refractivity contribution in [1.82, 2.24) is 0 Å². The number of hydrogen-bond donors (Lipinski definition) is 0. The second-order valence-corrected chi connectivity index (χ2v) is 6.49. The van der Waals surface area contributed by atoms with E-state index in [4.69, 9.17) is 23.2 Å². The number of hydrogen-bond acceptors (Lipinski definition) is 3. The molecule has 5 heteroatoms. The average Bonchev–Trinajstić information content (AvgIpc) is 2.26. The molecule has 3 nitrogen and oxygen atoms in total. The predicted molar refractivity (Wildman–Crippen MR) is 79.4 cm³/mol. The van der Waals surface area contributed by atoms with Crippen LogP contribution in [0, 0.1) is 11.3 Å². The van der Waals surface area contributed by atoms with Gasteiger partial charge in [0.25, 0.3) is 0 Å². The first-order valence-corrected chi connectivity index (χ1v) is 6.85. The van der Waals surface area contributed by atoms with Crippen LogP contribution in [0.1, 0.15) is 38.1 Å². The lowest BCUT2D eigenvalue weighted by atomic mass is 9.78. The van der Waals surface area contributed by atoms with Gasteiger partial charge < -0.3 is 0 Å². The van der Waals surface area contributed by atoms with Crippen molar-refractivity contribution in [2.75, 3.05) is 0 Å². The van der Waals surface area contributed by atoms with Crippen LogP contribution in [0.15, 0.2) is 18.2 Å². The number of halogens is 2. The van der Waals surface area contributed by atoms with E-state index >= 15 is 0 Å². The molecule has 1 unspecified atom stereocenters. The Bertz CT molecular complexity index is 571. The second kappa shape index (κ2) is 6.06. The maximum atomic E-state index is 12.4. The number of rotatable bonds is 4. The Hall–Kier alpha value is -1.19. The summed E-state index contributed by atoms with van der Waals surface area (Å²) in [6.45, 7) is 6.24. The maximum Gasteiger partial charge on any atom is 0.182 e. The molecule has 20 heavy (non-hydrogen) atoms. The van der Waals surface area contributed by atoms with Crippen LogP contribution < -0.4 is 0 Å². The van der Waals surface area contributed by atoms with Gasteiger partial charge in [0.15, 0.2) is 11.6 Å². The van der Waals surface area contributed by atoms with Gasteiger partial charge in [-0.05, 0) is 25.1 Å². The molecule has 1 rings (SSSR count). The lowest BCUT2D eigenvalue weighted by Crippen LogP contribution is -2.38. The highest BCUT2D eigenvalue weighted by Crippen LogP contribution is 2.28. The molecule has 0 saturated carbocycles. The monoisotopic (exact) mass is 314 g/mol. The van der Waals surface area contributed by atoms with E-state index in [2.05, 4.69) is 0 Å². The van der Waals surface area contributed by atoms with E-state index in [1.165, 1.54) is 25.1 Å². The molecule has 108 valence electrons. The van der Waals surface area contributed by atoms with Gasteiger partial charge in [-0.25, -0.2) is 0 Å². The highest BCUT2D eigenvalue weighted by atomic mass is 35.5. The third-order valence-electron chi connectivity index (χ3n) is 2.87. The van der Waals surface area contributed by atoms with Gasteiger partial charge in [0.2, 0.25) is 0 Å². The van der Waals surface area contributed by atoms with Crippen LogP contribution in [-0.4, -0.2) is 17.3 Å². The van der Waals surface area contributed by atoms with Gasteiger partial charge in [-0.1, -0.05) is 44.0 Å². The van der Waals surface area contributed by atoms with E-state index in [-0.39, 0.29) is 10.6 Å². The number of carbonyl (C=O) groups excluding carboxylic acids is 3. The molecule has 0 heterocycles. The van der Waals surface area contributed by atoms with Crippen molar-refractivity contribution in [2.24, 2.45) is 11.3 Å². The zero-order valence-electron chi connectivity index (χ0n) is 11.8. The summed E-state index contributed by atoms with van der Waals surface area (Å²) in [6.07, 6.45) is 0. The molecule has 0 N–H and O–H groups in total. The molecule has 0 spiro atoms. The van der Waals surface area contributed by atoms with Gasteiger partial charge in [0.05, 0.1) is 5.02 Å². The first-order valence-electron chi connectivity index (χ1n) is 6.09. The molecular weight excluding hydrogens is 299 g/mol. The fourth-order valence-electron chi connectivity index (χ4n) is 1.77. The fourth-order valence-corrected chi connectivity index (χ4v) is 2.27. The van der Waals surface area contributed by atoms with E-state index in [1.807, 2.05) is 0 Å². The summed E-state index contributed by atoms with van der Waals surface area (Å²) in [6, 6.07) is 4.34. The zero-order chi connectivity index (χ0) is 15.7. The lowest BCUT2D eigenvalue weighted by molar-refractivity contribution is -0.134. The van der Waals surface area contributed by atoms with E-state index in [1.54, 1.807) is 20.8 Å². The van der Waals surface area contributed by atoms with Crippen molar-refractivity contribution in [3.63, 3.8) is 0 Å². The summed E-state index contributed by atoms with van der Waals surface area (Å²) in [7, 11) is 0. The number of ketones is 3. The van der Waals surface area contributed by atoms with E-state index in [9.17, 15) is 14.4 Å². The minimum Gasteiger partial charge on any atom is -0.299 e. The Balaban J connectivity index is 3.26. The molecule has 0 fully saturated rings. The molecule has 0 saturated heterocycles. The molecule has 1 aromatic rings. The standard InChI is InChI=1S/C15H16Cl2O3/c1-8(18)12(14(20)15(2,3)4)13(19)10-6-5-9(16)7-11(10)17/h5-7,12H,1-4H3. The Kier molecular flexibility index (Phi) is 5.11. The number of carbonyl (C=O) groups is 3. The first kappa shape index (κ1) is 16.9. The van der Waals surface area contributed by atoms with Crippen LogP contribution in [0.25, 0.3) is 0 Å². The van der Waals surface area contributed by atoms with Gasteiger partial charge >= 0.3 is 0 Å². The highest BCUT2D eigenvalue weighted by Gasteiger charge is 2.38. The zero-order valence-corrected chi connectivity index (χ0v) is 13.3. The third kappa shape index (κ3) is 3.68. The molecule has 0 aliphatic heterocycles. The Morgan fingerprint density at radius 2 is 1.65 bits per heavy atom. The highest BCUT2D eigenvalue weighted by molar-refractivity contribution is 6.38. The van der Waals surface area contributed by atoms with Gasteiger partial charge in [-0.3, -0.25) is 14.4 Å². The van der Waals surface area contributed by atoms with Gasteiger partial charge in [0.1, 0.15) is 11.7 Å². The molecule has 0 amide bonds. The SMILES string of the molecule is CC(=O)C(C(=O)c1ccc(Cl)cc1Cl)C(=O)C(C)(C)C. The quantitative estimate of drug-likeness (QED) is 0.623. The summed E-state index contributed by atoms with van der Waals surface area (Å²) < 4.78 is 0. The maximum absolute atomic E-state index is 12.4. The van der Waals surface area contributed by atoms with Crippen molar-refractivity contribution in [1.29, 1.82) is 0 Å². The van der Waals surface area contributed by atoms with Crippen LogP contribution in [0.4, 0.5) is 0 Å². The minimum absolute atomic E-state index is 0.133. The van der Waals surface area contributed by atoms with Crippen LogP contribution in [0.5, 0.6) is 0 Å². The Labute approximate surface area is 128 Å². The number of benzene rings is 1. The summed E-state index contributed by atoms with van der Waals surface area (Å²) >= 11 is 11.7. The molecule has 1 aromatic carbocycles. The van der Waals surface area contributed by atoms with Gasteiger partial charge in [-0.15, -0.1) is 0 Å². The first-order chi connectivity index (χ1) is 9.05. The molecule has 0 radical (unpaired) electrons. The summed E-state index contributed by atoms with van der Waals surface area (Å²) in [5.41, 5.74) is -0.654. The van der Waals surface area contributed by atoms with Crippen LogP contribution in [-0.2, 0) is 9.59 Å². The molecule has 0 aliphatic rings. The third-order valence-corrected chi connectivity index (χ3v) is 3.41. The van der Waals surface area contributed by atoms with Crippen LogP contribution >= 0.6 is 23.2 Å². The molecule has 1 atom stereocenters. The van der Waals surface area contributed by atoms with Gasteiger partial charge in [0, 0.05) is 16.0 Å². The fraction of sp³-hybridized carbons (Fsp3) is 0.400. The predicted octanol–water partition coefficient (Wildman–Crippen LogP) is 4.00. The Morgan fingerprint density at radius 1 is 1.10 bits per heavy atom. The molecular formula is C15H16Cl2O3. The van der Waals surface area contributed by atoms with Crippen LogP contribution in [0.3, 0.4) is 0 Å². The smallest absolute Gasteiger partial charge is 0.182 e. The average molecular weight is 315 g/mol. The molecule has 0 aliphatic carbocycles.